The predicted octanol–water partition coefficient (Wildman–Crippen LogP) is 4.25. The van der Waals surface area contributed by atoms with Crippen LogP contribution in [0.15, 0.2) is 59.5 Å². The molecule has 1 atom stereocenters. The summed E-state index contributed by atoms with van der Waals surface area (Å²) in [6.45, 7) is 1.88. The standard InChI is InChI=1S/C15H13FOS/c1-11(12-5-3-2-4-6-12)15(17)18-14-9-7-13(16)8-10-14/h2-11H,1H3. The van der Waals surface area contributed by atoms with E-state index in [-0.39, 0.29) is 16.9 Å². The SMILES string of the molecule is CC(C(=O)Sc1ccc(F)cc1)c1ccccc1. The van der Waals surface area contributed by atoms with Gasteiger partial charge in [-0.05, 0) is 29.8 Å². The van der Waals surface area contributed by atoms with Crippen LogP contribution in [0.5, 0.6) is 0 Å². The Kier molecular flexibility index (Phi) is 4.15. The number of carbonyl (C=O) groups excluding carboxylic acids is 1. The van der Waals surface area contributed by atoms with Gasteiger partial charge in [0, 0.05) is 4.90 Å². The molecule has 0 aromatic heterocycles. The molecule has 0 saturated heterocycles. The average molecular weight is 260 g/mol. The van der Waals surface area contributed by atoms with Gasteiger partial charge in [0.2, 0.25) is 5.12 Å². The summed E-state index contributed by atoms with van der Waals surface area (Å²) >= 11 is 1.15. The van der Waals surface area contributed by atoms with Gasteiger partial charge in [0.25, 0.3) is 0 Å². The fraction of sp³-hybridized carbons (Fsp3) is 0.133. The number of halogens is 1. The van der Waals surface area contributed by atoms with Crippen molar-refractivity contribution in [3.05, 3.63) is 66.0 Å². The van der Waals surface area contributed by atoms with Gasteiger partial charge in [-0.25, -0.2) is 4.39 Å². The van der Waals surface area contributed by atoms with Crippen molar-refractivity contribution in [2.24, 2.45) is 0 Å². The lowest BCUT2D eigenvalue weighted by molar-refractivity contribution is -0.111. The lowest BCUT2D eigenvalue weighted by atomic mass is 10.0. The molecule has 0 spiro atoms. The maximum atomic E-state index is 12.8. The Hall–Kier alpha value is -1.61. The van der Waals surface area contributed by atoms with E-state index in [1.54, 1.807) is 12.1 Å². The maximum Gasteiger partial charge on any atom is 0.200 e. The zero-order valence-electron chi connectivity index (χ0n) is 9.97. The first-order chi connectivity index (χ1) is 8.66. The Balaban J connectivity index is 2.06. The number of hydrogen-bond acceptors (Lipinski definition) is 2. The number of benzene rings is 2. The van der Waals surface area contributed by atoms with Gasteiger partial charge >= 0.3 is 0 Å². The second-order valence-electron chi connectivity index (χ2n) is 4.01. The molecule has 0 amide bonds. The normalized spacial score (nSPS) is 12.1. The molecule has 0 aliphatic rings. The predicted molar refractivity (Wildman–Crippen MR) is 72.1 cm³/mol. The molecule has 1 unspecified atom stereocenters. The van der Waals surface area contributed by atoms with E-state index < -0.39 is 0 Å². The molecule has 0 radical (unpaired) electrons. The Morgan fingerprint density at radius 1 is 1.06 bits per heavy atom. The summed E-state index contributed by atoms with van der Waals surface area (Å²) < 4.78 is 12.8. The van der Waals surface area contributed by atoms with Gasteiger partial charge in [-0.1, -0.05) is 49.0 Å². The number of rotatable bonds is 3. The molecule has 2 rings (SSSR count). The lowest BCUT2D eigenvalue weighted by Gasteiger charge is -2.09. The monoisotopic (exact) mass is 260 g/mol. The molecule has 2 aromatic rings. The van der Waals surface area contributed by atoms with E-state index in [0.717, 1.165) is 22.2 Å². The summed E-state index contributed by atoms with van der Waals surface area (Å²) in [5.74, 6) is -0.454. The van der Waals surface area contributed by atoms with Crippen molar-refractivity contribution in [2.75, 3.05) is 0 Å². The quantitative estimate of drug-likeness (QED) is 0.767. The minimum Gasteiger partial charge on any atom is -0.286 e. The minimum absolute atomic E-state index is 0.0628. The van der Waals surface area contributed by atoms with Gasteiger partial charge in [0.15, 0.2) is 0 Å². The van der Waals surface area contributed by atoms with Crippen molar-refractivity contribution < 1.29 is 9.18 Å². The third-order valence-electron chi connectivity index (χ3n) is 2.69. The molecule has 0 aliphatic heterocycles. The van der Waals surface area contributed by atoms with Crippen LogP contribution in [0.2, 0.25) is 0 Å². The molecule has 18 heavy (non-hydrogen) atoms. The molecule has 0 aliphatic carbocycles. The highest BCUT2D eigenvalue weighted by atomic mass is 32.2. The highest BCUT2D eigenvalue weighted by Gasteiger charge is 2.16. The van der Waals surface area contributed by atoms with Crippen LogP contribution < -0.4 is 0 Å². The summed E-state index contributed by atoms with van der Waals surface area (Å²) in [6.07, 6.45) is 0. The van der Waals surface area contributed by atoms with Gasteiger partial charge < -0.3 is 0 Å². The van der Waals surface area contributed by atoms with Crippen molar-refractivity contribution in [2.45, 2.75) is 17.7 Å². The van der Waals surface area contributed by atoms with Crippen LogP contribution in [0.3, 0.4) is 0 Å². The minimum atomic E-state index is -0.289. The Morgan fingerprint density at radius 2 is 1.67 bits per heavy atom. The fourth-order valence-corrected chi connectivity index (χ4v) is 2.40. The molecule has 0 fully saturated rings. The second-order valence-corrected chi connectivity index (χ2v) is 5.09. The third-order valence-corrected chi connectivity index (χ3v) is 3.75. The molecule has 0 bridgehead atoms. The molecule has 0 saturated carbocycles. The number of hydrogen-bond donors (Lipinski definition) is 0. The van der Waals surface area contributed by atoms with Crippen LogP contribution in [-0.4, -0.2) is 5.12 Å². The summed E-state index contributed by atoms with van der Waals surface area (Å²) in [6, 6.07) is 15.6. The highest BCUT2D eigenvalue weighted by Crippen LogP contribution is 2.27. The van der Waals surface area contributed by atoms with Crippen LogP contribution >= 0.6 is 11.8 Å². The Morgan fingerprint density at radius 3 is 2.28 bits per heavy atom. The Labute approximate surface area is 110 Å². The van der Waals surface area contributed by atoms with Gasteiger partial charge in [0.05, 0.1) is 5.92 Å². The molecule has 3 heteroatoms. The molecule has 2 aromatic carbocycles. The molecule has 92 valence electrons. The lowest BCUT2D eigenvalue weighted by Crippen LogP contribution is -2.04. The summed E-state index contributed by atoms with van der Waals surface area (Å²) in [4.78, 5) is 12.8. The average Bonchev–Trinajstić information content (AvgIpc) is 2.41. The van der Waals surface area contributed by atoms with Gasteiger partial charge in [-0.3, -0.25) is 4.79 Å². The molecule has 0 N–H and O–H groups in total. The number of thioether (sulfide) groups is 1. The zero-order chi connectivity index (χ0) is 13.0. The van der Waals surface area contributed by atoms with E-state index >= 15 is 0 Å². The smallest absolute Gasteiger partial charge is 0.200 e. The van der Waals surface area contributed by atoms with E-state index in [2.05, 4.69) is 0 Å². The van der Waals surface area contributed by atoms with E-state index in [0.29, 0.717) is 0 Å². The van der Waals surface area contributed by atoms with Crippen LogP contribution in [0.1, 0.15) is 18.4 Å². The topological polar surface area (TPSA) is 17.1 Å². The third kappa shape index (κ3) is 3.20. The van der Waals surface area contributed by atoms with Crippen LogP contribution in [0.4, 0.5) is 4.39 Å². The first kappa shape index (κ1) is 12.8. The molecular weight excluding hydrogens is 247 g/mol. The van der Waals surface area contributed by atoms with E-state index in [4.69, 9.17) is 0 Å². The second kappa shape index (κ2) is 5.83. The highest BCUT2D eigenvalue weighted by molar-refractivity contribution is 8.13. The van der Waals surface area contributed by atoms with Gasteiger partial charge in [-0.2, -0.15) is 0 Å². The first-order valence-electron chi connectivity index (χ1n) is 5.69. The molecule has 0 heterocycles. The van der Waals surface area contributed by atoms with E-state index in [1.165, 1.54) is 12.1 Å². The van der Waals surface area contributed by atoms with Crippen molar-refractivity contribution in [1.82, 2.24) is 0 Å². The van der Waals surface area contributed by atoms with Crippen LogP contribution in [-0.2, 0) is 4.79 Å². The largest absolute Gasteiger partial charge is 0.286 e. The van der Waals surface area contributed by atoms with Gasteiger partial charge in [-0.15, -0.1) is 0 Å². The fourth-order valence-electron chi connectivity index (χ4n) is 1.58. The Bertz CT molecular complexity index is 522. The van der Waals surface area contributed by atoms with Crippen molar-refractivity contribution in [1.29, 1.82) is 0 Å². The zero-order valence-corrected chi connectivity index (χ0v) is 10.8. The first-order valence-corrected chi connectivity index (χ1v) is 6.50. The van der Waals surface area contributed by atoms with Crippen molar-refractivity contribution in [3.63, 3.8) is 0 Å². The van der Waals surface area contributed by atoms with Crippen molar-refractivity contribution in [3.8, 4) is 0 Å². The van der Waals surface area contributed by atoms with Gasteiger partial charge in [0.1, 0.15) is 5.82 Å². The molecule has 1 nitrogen and oxygen atoms in total. The van der Waals surface area contributed by atoms with Crippen LogP contribution in [0, 0.1) is 5.82 Å². The maximum absolute atomic E-state index is 12.8. The van der Waals surface area contributed by atoms with Crippen molar-refractivity contribution >= 4 is 16.9 Å². The van der Waals surface area contributed by atoms with E-state index in [1.807, 2.05) is 37.3 Å². The van der Waals surface area contributed by atoms with Crippen LogP contribution in [0.25, 0.3) is 0 Å². The summed E-state index contributed by atoms with van der Waals surface area (Å²) in [7, 11) is 0. The summed E-state index contributed by atoms with van der Waals surface area (Å²) in [5.41, 5.74) is 0.997. The summed E-state index contributed by atoms with van der Waals surface area (Å²) in [5, 5.41) is 0.0628. The van der Waals surface area contributed by atoms with E-state index in [9.17, 15) is 9.18 Å². The number of carbonyl (C=O) groups is 1. The molecular formula is C15H13FOS.